The lowest BCUT2D eigenvalue weighted by atomic mass is 9.57. The number of aromatic nitrogens is 5. The molecule has 150 valence electrons. The van der Waals surface area contributed by atoms with E-state index < -0.39 is 5.82 Å². The molecule has 0 saturated heterocycles. The highest BCUT2D eigenvalue weighted by Gasteiger charge is 2.47. The number of rotatable bonds is 4. The molecule has 3 aliphatic carbocycles. The van der Waals surface area contributed by atoms with Gasteiger partial charge in [0.25, 0.3) is 0 Å². The third kappa shape index (κ3) is 3.16. The van der Waals surface area contributed by atoms with Gasteiger partial charge in [-0.2, -0.15) is 5.10 Å². The van der Waals surface area contributed by atoms with E-state index in [2.05, 4.69) is 20.2 Å². The molecule has 3 aromatic rings. The first-order valence-electron chi connectivity index (χ1n) is 10.0. The van der Waals surface area contributed by atoms with E-state index >= 15 is 0 Å². The Balaban J connectivity index is 1.46. The van der Waals surface area contributed by atoms with Crippen LogP contribution in [0.3, 0.4) is 0 Å². The van der Waals surface area contributed by atoms with E-state index in [0.717, 1.165) is 37.6 Å². The molecule has 2 atom stereocenters. The molecular weight excluding hydrogens is 373 g/mol. The summed E-state index contributed by atoms with van der Waals surface area (Å²) in [6.07, 6.45) is 8.08. The maximum absolute atomic E-state index is 13.6. The monoisotopic (exact) mass is 395 g/mol. The summed E-state index contributed by atoms with van der Waals surface area (Å²) in [5.74, 6) is 1.02. The van der Waals surface area contributed by atoms with Gasteiger partial charge in [0.05, 0.1) is 24.6 Å². The van der Waals surface area contributed by atoms with Crippen molar-refractivity contribution in [3.05, 3.63) is 36.0 Å². The number of nitrogens with zero attached hydrogens (tertiary/aromatic N) is 4. The Morgan fingerprint density at radius 3 is 2.83 bits per heavy atom. The zero-order valence-corrected chi connectivity index (χ0v) is 16.1. The maximum atomic E-state index is 13.6. The van der Waals surface area contributed by atoms with Crippen LogP contribution in [0.2, 0.25) is 0 Å². The van der Waals surface area contributed by atoms with Crippen LogP contribution in [0.5, 0.6) is 0 Å². The number of pyridine rings is 1. The van der Waals surface area contributed by atoms with Crippen molar-refractivity contribution in [1.82, 2.24) is 25.1 Å². The zero-order valence-electron chi connectivity index (χ0n) is 16.1. The number of hydrogen-bond acceptors (Lipinski definition) is 6. The van der Waals surface area contributed by atoms with Crippen LogP contribution in [0.4, 0.5) is 4.39 Å². The van der Waals surface area contributed by atoms with Gasteiger partial charge in [-0.15, -0.1) is 0 Å². The predicted octanol–water partition coefficient (Wildman–Crippen LogP) is 3.32. The topological polar surface area (TPSA) is 93.7 Å². The van der Waals surface area contributed by atoms with Crippen molar-refractivity contribution in [3.63, 3.8) is 0 Å². The van der Waals surface area contributed by atoms with Crippen molar-refractivity contribution >= 4 is 17.0 Å². The minimum absolute atomic E-state index is 0.0582. The van der Waals surface area contributed by atoms with Gasteiger partial charge in [-0.3, -0.25) is 9.89 Å². The summed E-state index contributed by atoms with van der Waals surface area (Å²) < 4.78 is 18.8. The van der Waals surface area contributed by atoms with Gasteiger partial charge < -0.3 is 4.74 Å². The van der Waals surface area contributed by atoms with Crippen LogP contribution >= 0.6 is 0 Å². The normalized spacial score (nSPS) is 26.0. The SMILES string of the molecule is COC(=O)[C@@H]1C2CCC(CC2)[C@H]1Cc1ccnc(-c2[nH]nc3ncc(F)cc23)n1. The fourth-order valence-electron chi connectivity index (χ4n) is 5.29. The molecule has 0 unspecified atom stereocenters. The Bertz CT molecular complexity index is 1060. The molecule has 3 fully saturated rings. The first-order valence-corrected chi connectivity index (χ1v) is 10.0. The second-order valence-corrected chi connectivity index (χ2v) is 8.09. The summed E-state index contributed by atoms with van der Waals surface area (Å²) in [5.41, 5.74) is 1.84. The third-order valence-electron chi connectivity index (χ3n) is 6.62. The molecule has 7 nitrogen and oxygen atoms in total. The largest absolute Gasteiger partial charge is 0.469 e. The number of carbonyl (C=O) groups excluding carboxylic acids is 1. The van der Waals surface area contributed by atoms with Crippen molar-refractivity contribution in [2.45, 2.75) is 32.1 Å². The number of nitrogens with one attached hydrogen (secondary N) is 1. The molecule has 0 amide bonds. The molecule has 3 aromatic heterocycles. The maximum Gasteiger partial charge on any atom is 0.309 e. The molecule has 29 heavy (non-hydrogen) atoms. The average Bonchev–Trinajstić information content (AvgIpc) is 3.17. The second-order valence-electron chi connectivity index (χ2n) is 8.09. The molecule has 6 rings (SSSR count). The fourth-order valence-corrected chi connectivity index (χ4v) is 5.29. The fraction of sp³-hybridized carbons (Fsp3) is 0.476. The van der Waals surface area contributed by atoms with Crippen molar-refractivity contribution in [2.75, 3.05) is 7.11 Å². The number of fused-ring (bicyclic) bond motifs is 4. The highest BCUT2D eigenvalue weighted by Crippen LogP contribution is 2.50. The Kier molecular flexibility index (Phi) is 4.49. The van der Waals surface area contributed by atoms with Crippen molar-refractivity contribution < 1.29 is 13.9 Å². The minimum Gasteiger partial charge on any atom is -0.469 e. The zero-order chi connectivity index (χ0) is 20.0. The van der Waals surface area contributed by atoms with E-state index in [9.17, 15) is 9.18 Å². The number of H-pyrrole nitrogens is 1. The van der Waals surface area contributed by atoms with E-state index in [1.165, 1.54) is 13.2 Å². The molecule has 1 N–H and O–H groups in total. The van der Waals surface area contributed by atoms with Gasteiger partial charge in [0, 0.05) is 11.9 Å². The van der Waals surface area contributed by atoms with Crippen molar-refractivity contribution in [2.24, 2.45) is 23.7 Å². The average molecular weight is 395 g/mol. The van der Waals surface area contributed by atoms with Crippen LogP contribution in [-0.4, -0.2) is 38.2 Å². The number of halogens is 1. The Morgan fingerprint density at radius 2 is 2.03 bits per heavy atom. The Morgan fingerprint density at radius 1 is 1.24 bits per heavy atom. The van der Waals surface area contributed by atoms with Gasteiger partial charge in [0.2, 0.25) is 0 Å². The molecular formula is C21H22FN5O2. The summed E-state index contributed by atoms with van der Waals surface area (Å²) in [6, 6.07) is 3.27. The first kappa shape index (κ1) is 18.1. The van der Waals surface area contributed by atoms with Gasteiger partial charge >= 0.3 is 5.97 Å². The highest BCUT2D eigenvalue weighted by molar-refractivity contribution is 5.88. The van der Waals surface area contributed by atoms with Crippen molar-refractivity contribution in [3.8, 4) is 11.5 Å². The van der Waals surface area contributed by atoms with Gasteiger partial charge in [0.1, 0.15) is 11.5 Å². The lowest BCUT2D eigenvalue weighted by Crippen LogP contribution is -2.45. The lowest BCUT2D eigenvalue weighted by molar-refractivity contribution is -0.156. The molecule has 3 heterocycles. The number of ether oxygens (including phenoxy) is 1. The molecule has 2 bridgehead atoms. The van der Waals surface area contributed by atoms with E-state index in [4.69, 9.17) is 9.72 Å². The van der Waals surface area contributed by atoms with Crippen molar-refractivity contribution in [1.29, 1.82) is 0 Å². The third-order valence-corrected chi connectivity index (χ3v) is 6.62. The van der Waals surface area contributed by atoms with Crippen LogP contribution in [0, 0.1) is 29.5 Å². The summed E-state index contributed by atoms with van der Waals surface area (Å²) in [7, 11) is 1.47. The van der Waals surface area contributed by atoms with Crippen LogP contribution in [0.1, 0.15) is 31.4 Å². The predicted molar refractivity (Wildman–Crippen MR) is 103 cm³/mol. The van der Waals surface area contributed by atoms with Gasteiger partial charge in [-0.1, -0.05) is 0 Å². The molecule has 8 heteroatoms. The van der Waals surface area contributed by atoms with E-state index in [-0.39, 0.29) is 17.8 Å². The standard InChI is InChI=1S/C21H22FN5O2/c1-29-21(28)17-12-4-2-11(3-5-12)15(17)9-14-6-7-23-20(25-14)18-16-8-13(22)10-24-19(16)27-26-18/h6-8,10-12,15,17H,2-5,9H2,1H3,(H,24,26,27)/t11?,12?,15-,17-/m1/s1. The smallest absolute Gasteiger partial charge is 0.309 e. The van der Waals surface area contributed by atoms with Crippen LogP contribution in [-0.2, 0) is 16.0 Å². The number of carbonyl (C=O) groups is 1. The number of hydrogen-bond donors (Lipinski definition) is 1. The minimum atomic E-state index is -0.435. The lowest BCUT2D eigenvalue weighted by Gasteiger charge is -2.47. The highest BCUT2D eigenvalue weighted by atomic mass is 19.1. The Labute approximate surface area is 167 Å². The van der Waals surface area contributed by atoms with E-state index in [0.29, 0.717) is 40.8 Å². The number of aromatic amines is 1. The molecule has 0 aliphatic heterocycles. The van der Waals surface area contributed by atoms with Crippen LogP contribution < -0.4 is 0 Å². The van der Waals surface area contributed by atoms with Gasteiger partial charge in [-0.25, -0.2) is 19.3 Å². The van der Waals surface area contributed by atoms with Gasteiger partial charge in [0.15, 0.2) is 11.5 Å². The number of esters is 1. The molecule has 0 radical (unpaired) electrons. The molecule has 3 saturated carbocycles. The Hall–Kier alpha value is -2.90. The summed E-state index contributed by atoms with van der Waals surface area (Å²) in [5, 5.41) is 7.54. The molecule has 0 aromatic carbocycles. The van der Waals surface area contributed by atoms with Crippen LogP contribution in [0.15, 0.2) is 24.5 Å². The second kappa shape index (κ2) is 7.17. The first-order chi connectivity index (χ1) is 14.1. The van der Waals surface area contributed by atoms with Gasteiger partial charge in [-0.05, 0) is 62.0 Å². The molecule has 3 aliphatic rings. The summed E-state index contributed by atoms with van der Waals surface area (Å²) in [6.45, 7) is 0. The summed E-state index contributed by atoms with van der Waals surface area (Å²) >= 11 is 0. The molecule has 0 spiro atoms. The van der Waals surface area contributed by atoms with E-state index in [1.54, 1.807) is 6.20 Å². The quantitative estimate of drug-likeness (QED) is 0.681. The van der Waals surface area contributed by atoms with Crippen LogP contribution in [0.25, 0.3) is 22.6 Å². The van der Waals surface area contributed by atoms with E-state index in [1.807, 2.05) is 6.07 Å². The number of methoxy groups -OCH3 is 1. The summed E-state index contributed by atoms with van der Waals surface area (Å²) in [4.78, 5) is 25.5.